The third-order valence-corrected chi connectivity index (χ3v) is 4.21. The van der Waals surface area contributed by atoms with Gasteiger partial charge in [-0.3, -0.25) is 9.69 Å². The topological polar surface area (TPSA) is 32.3 Å². The summed E-state index contributed by atoms with van der Waals surface area (Å²) in [5, 5.41) is 3.29. The number of nitrogens with one attached hydrogen (secondary N) is 1. The first-order valence-corrected chi connectivity index (χ1v) is 6.63. The molecular weight excluding hydrogens is 200 g/mol. The zero-order valence-electron chi connectivity index (χ0n) is 10.6. The number of hydrogen-bond donors (Lipinski definition) is 1. The Morgan fingerprint density at radius 1 is 1.25 bits per heavy atom. The average molecular weight is 224 g/mol. The summed E-state index contributed by atoms with van der Waals surface area (Å²) in [6.07, 6.45) is 8.33. The lowest BCUT2D eigenvalue weighted by atomic mass is 9.83. The molecule has 2 aliphatic rings. The van der Waals surface area contributed by atoms with Gasteiger partial charge >= 0.3 is 0 Å². The molecule has 1 heterocycles. The molecule has 1 atom stereocenters. The summed E-state index contributed by atoms with van der Waals surface area (Å²) in [6.45, 7) is 3.27. The molecule has 1 saturated heterocycles. The van der Waals surface area contributed by atoms with E-state index in [-0.39, 0.29) is 17.5 Å². The number of likely N-dealkylation sites (N-methyl/N-ethyl adjacent to an activating group) is 1. The Morgan fingerprint density at radius 3 is 2.50 bits per heavy atom. The van der Waals surface area contributed by atoms with Crippen LogP contribution in [0.2, 0.25) is 0 Å². The van der Waals surface area contributed by atoms with Crippen molar-refractivity contribution in [1.82, 2.24) is 10.2 Å². The summed E-state index contributed by atoms with van der Waals surface area (Å²) in [7, 11) is 2.06. The third kappa shape index (κ3) is 2.57. The molecule has 92 valence electrons. The number of amides is 1. The highest BCUT2D eigenvalue weighted by atomic mass is 16.2. The van der Waals surface area contributed by atoms with Gasteiger partial charge in [-0.1, -0.05) is 19.3 Å². The minimum absolute atomic E-state index is 0.0682. The van der Waals surface area contributed by atoms with Crippen molar-refractivity contribution in [3.05, 3.63) is 0 Å². The van der Waals surface area contributed by atoms with Crippen LogP contribution >= 0.6 is 0 Å². The number of likely N-dealkylation sites (tertiary alicyclic amines) is 1. The van der Waals surface area contributed by atoms with Gasteiger partial charge in [0.25, 0.3) is 0 Å². The second-order valence-corrected chi connectivity index (χ2v) is 5.75. The fraction of sp³-hybridized carbons (Fsp3) is 0.923. The van der Waals surface area contributed by atoms with Gasteiger partial charge in [-0.25, -0.2) is 0 Å². The SMILES string of the molecule is CN1CCCC1C(=O)NC1(C)CCCCC1. The van der Waals surface area contributed by atoms with Gasteiger partial charge in [0.05, 0.1) is 6.04 Å². The van der Waals surface area contributed by atoms with Crippen molar-refractivity contribution in [2.24, 2.45) is 0 Å². The monoisotopic (exact) mass is 224 g/mol. The highest BCUT2D eigenvalue weighted by Crippen LogP contribution is 2.28. The Balaban J connectivity index is 1.90. The molecule has 0 aromatic carbocycles. The van der Waals surface area contributed by atoms with Crippen LogP contribution in [0.25, 0.3) is 0 Å². The van der Waals surface area contributed by atoms with Crippen molar-refractivity contribution < 1.29 is 4.79 Å². The lowest BCUT2D eigenvalue weighted by Gasteiger charge is -2.36. The zero-order chi connectivity index (χ0) is 11.6. The standard InChI is InChI=1S/C13H24N2O/c1-13(8-4-3-5-9-13)14-12(16)11-7-6-10-15(11)2/h11H,3-10H2,1-2H3,(H,14,16). The highest BCUT2D eigenvalue weighted by molar-refractivity contribution is 5.82. The van der Waals surface area contributed by atoms with Gasteiger partial charge in [0.2, 0.25) is 5.91 Å². The van der Waals surface area contributed by atoms with Crippen LogP contribution in [-0.4, -0.2) is 36.0 Å². The normalized spacial score (nSPS) is 30.2. The largest absolute Gasteiger partial charge is 0.350 e. The fourth-order valence-corrected chi connectivity index (χ4v) is 3.08. The molecule has 1 N–H and O–H groups in total. The van der Waals surface area contributed by atoms with Gasteiger partial charge in [-0.2, -0.15) is 0 Å². The lowest BCUT2D eigenvalue weighted by molar-refractivity contribution is -0.127. The van der Waals surface area contributed by atoms with E-state index in [0.717, 1.165) is 32.2 Å². The minimum atomic E-state index is 0.0682. The molecule has 1 saturated carbocycles. The first-order chi connectivity index (χ1) is 7.61. The third-order valence-electron chi connectivity index (χ3n) is 4.21. The van der Waals surface area contributed by atoms with Gasteiger partial charge in [-0.15, -0.1) is 0 Å². The summed E-state index contributed by atoms with van der Waals surface area (Å²) in [5.74, 6) is 0.254. The lowest BCUT2D eigenvalue weighted by Crippen LogP contribution is -2.52. The van der Waals surface area contributed by atoms with Gasteiger partial charge in [0.1, 0.15) is 0 Å². The van der Waals surface area contributed by atoms with Crippen molar-refractivity contribution in [2.45, 2.75) is 63.5 Å². The molecule has 16 heavy (non-hydrogen) atoms. The number of carbonyl (C=O) groups excluding carboxylic acids is 1. The molecule has 1 amide bonds. The predicted molar refractivity (Wildman–Crippen MR) is 65.3 cm³/mol. The van der Waals surface area contributed by atoms with E-state index in [1.54, 1.807) is 0 Å². The number of carbonyl (C=O) groups is 1. The number of hydrogen-bond acceptors (Lipinski definition) is 2. The van der Waals surface area contributed by atoms with E-state index in [1.165, 1.54) is 19.3 Å². The molecule has 1 aliphatic carbocycles. The Bertz CT molecular complexity index is 259. The van der Waals surface area contributed by atoms with Gasteiger partial charge in [-0.05, 0) is 46.2 Å². The molecule has 2 fully saturated rings. The van der Waals surface area contributed by atoms with Crippen LogP contribution in [-0.2, 0) is 4.79 Å². The molecule has 0 aromatic heterocycles. The second-order valence-electron chi connectivity index (χ2n) is 5.75. The fourth-order valence-electron chi connectivity index (χ4n) is 3.08. The molecule has 0 aromatic rings. The van der Waals surface area contributed by atoms with Crippen molar-refractivity contribution in [2.75, 3.05) is 13.6 Å². The zero-order valence-corrected chi connectivity index (χ0v) is 10.6. The molecule has 0 bridgehead atoms. The quantitative estimate of drug-likeness (QED) is 0.777. The summed E-state index contributed by atoms with van der Waals surface area (Å²) in [5.41, 5.74) is 0.0682. The molecule has 0 spiro atoms. The number of nitrogens with zero attached hydrogens (tertiary/aromatic N) is 1. The first kappa shape index (κ1) is 11.9. The van der Waals surface area contributed by atoms with E-state index in [0.29, 0.717) is 0 Å². The van der Waals surface area contributed by atoms with Gasteiger partial charge in [0.15, 0.2) is 0 Å². The number of rotatable bonds is 2. The van der Waals surface area contributed by atoms with E-state index in [2.05, 4.69) is 24.2 Å². The van der Waals surface area contributed by atoms with Crippen LogP contribution in [0.1, 0.15) is 51.9 Å². The second kappa shape index (κ2) is 4.74. The maximum atomic E-state index is 12.2. The first-order valence-electron chi connectivity index (χ1n) is 6.63. The molecule has 0 radical (unpaired) electrons. The van der Waals surface area contributed by atoms with E-state index < -0.39 is 0 Å². The Labute approximate surface area is 98.6 Å². The molecule has 3 heteroatoms. The van der Waals surface area contributed by atoms with E-state index in [4.69, 9.17) is 0 Å². The van der Waals surface area contributed by atoms with Crippen LogP contribution < -0.4 is 5.32 Å². The van der Waals surface area contributed by atoms with Crippen molar-refractivity contribution >= 4 is 5.91 Å². The smallest absolute Gasteiger partial charge is 0.237 e. The van der Waals surface area contributed by atoms with E-state index in [9.17, 15) is 4.79 Å². The predicted octanol–water partition coefficient (Wildman–Crippen LogP) is 1.92. The van der Waals surface area contributed by atoms with Crippen LogP contribution in [0.15, 0.2) is 0 Å². The minimum Gasteiger partial charge on any atom is -0.350 e. The Morgan fingerprint density at radius 2 is 1.94 bits per heavy atom. The summed E-state index contributed by atoms with van der Waals surface area (Å²) in [6, 6.07) is 0.124. The van der Waals surface area contributed by atoms with Crippen molar-refractivity contribution in [3.63, 3.8) is 0 Å². The van der Waals surface area contributed by atoms with Crippen molar-refractivity contribution in [3.8, 4) is 0 Å². The Kier molecular flexibility index (Phi) is 3.53. The molecule has 3 nitrogen and oxygen atoms in total. The summed E-state index contributed by atoms with van der Waals surface area (Å²) < 4.78 is 0. The van der Waals surface area contributed by atoms with Crippen LogP contribution in [0.5, 0.6) is 0 Å². The maximum absolute atomic E-state index is 12.2. The summed E-state index contributed by atoms with van der Waals surface area (Å²) >= 11 is 0. The molecular formula is C13H24N2O. The Hall–Kier alpha value is -0.570. The molecule has 1 aliphatic heterocycles. The highest BCUT2D eigenvalue weighted by Gasteiger charge is 2.34. The van der Waals surface area contributed by atoms with Crippen LogP contribution in [0, 0.1) is 0 Å². The van der Waals surface area contributed by atoms with Crippen molar-refractivity contribution in [1.29, 1.82) is 0 Å². The average Bonchev–Trinajstić information content (AvgIpc) is 2.65. The molecule has 1 unspecified atom stereocenters. The maximum Gasteiger partial charge on any atom is 0.237 e. The van der Waals surface area contributed by atoms with Gasteiger partial charge in [0, 0.05) is 5.54 Å². The van der Waals surface area contributed by atoms with E-state index in [1.807, 2.05) is 0 Å². The molecule has 2 rings (SSSR count). The summed E-state index contributed by atoms with van der Waals surface area (Å²) in [4.78, 5) is 14.4. The van der Waals surface area contributed by atoms with E-state index >= 15 is 0 Å². The van der Waals surface area contributed by atoms with Crippen LogP contribution in [0.3, 0.4) is 0 Å². The van der Waals surface area contributed by atoms with Crippen LogP contribution in [0.4, 0.5) is 0 Å². The van der Waals surface area contributed by atoms with Gasteiger partial charge < -0.3 is 5.32 Å².